The standard InChI is InChI=1S/C22H23FN4O5S2/c1-32-8-9-34(30,31)20(21(29)25-12-19(28)26-15-4-5-15)22-27-16-6-2-13(10-17(16)33-22)14-3-7-18(23)24-11-14/h2-3,6-7,10-11,15,20H,4-5,8-9,12H2,1H3,(H,25,29)(H,26,28). The number of hydrogen-bond donors (Lipinski definition) is 2. The first-order valence-corrected chi connectivity index (χ1v) is 13.1. The molecule has 0 spiro atoms. The van der Waals surface area contributed by atoms with Crippen molar-refractivity contribution in [3.05, 3.63) is 47.5 Å². The molecule has 1 unspecified atom stereocenters. The summed E-state index contributed by atoms with van der Waals surface area (Å²) >= 11 is 1.07. The molecule has 2 amide bonds. The second-order valence-electron chi connectivity index (χ2n) is 7.90. The fourth-order valence-electron chi connectivity index (χ4n) is 3.29. The van der Waals surface area contributed by atoms with Crippen molar-refractivity contribution in [1.29, 1.82) is 0 Å². The second kappa shape index (κ2) is 10.1. The topological polar surface area (TPSA) is 127 Å². The number of fused-ring (bicyclic) bond motifs is 1. The van der Waals surface area contributed by atoms with Gasteiger partial charge in [-0.05, 0) is 42.7 Å². The Kier molecular flexibility index (Phi) is 7.19. The predicted molar refractivity (Wildman–Crippen MR) is 125 cm³/mol. The van der Waals surface area contributed by atoms with Crippen molar-refractivity contribution in [3.8, 4) is 11.1 Å². The van der Waals surface area contributed by atoms with Crippen LogP contribution in [0.15, 0.2) is 36.5 Å². The van der Waals surface area contributed by atoms with Crippen molar-refractivity contribution in [2.45, 2.75) is 24.1 Å². The van der Waals surface area contributed by atoms with Gasteiger partial charge in [0.15, 0.2) is 15.1 Å². The number of thiazole rings is 1. The Balaban J connectivity index is 1.62. The van der Waals surface area contributed by atoms with E-state index < -0.39 is 26.9 Å². The number of hydrogen-bond acceptors (Lipinski definition) is 8. The molecular weight excluding hydrogens is 483 g/mol. The summed E-state index contributed by atoms with van der Waals surface area (Å²) in [7, 11) is -2.61. The third-order valence-electron chi connectivity index (χ3n) is 5.22. The number of sulfone groups is 1. The van der Waals surface area contributed by atoms with Crippen LogP contribution in [0.1, 0.15) is 23.1 Å². The van der Waals surface area contributed by atoms with Gasteiger partial charge in [0.2, 0.25) is 17.8 Å². The molecule has 9 nitrogen and oxygen atoms in total. The van der Waals surface area contributed by atoms with Crippen LogP contribution in [0.3, 0.4) is 0 Å². The molecule has 34 heavy (non-hydrogen) atoms. The van der Waals surface area contributed by atoms with Gasteiger partial charge in [-0.15, -0.1) is 11.3 Å². The summed E-state index contributed by atoms with van der Waals surface area (Å²) < 4.78 is 44.8. The van der Waals surface area contributed by atoms with E-state index in [9.17, 15) is 22.4 Å². The normalized spacial score (nSPS) is 14.6. The molecule has 1 aromatic carbocycles. The van der Waals surface area contributed by atoms with E-state index >= 15 is 0 Å². The van der Waals surface area contributed by atoms with E-state index in [1.54, 1.807) is 24.3 Å². The van der Waals surface area contributed by atoms with E-state index in [1.807, 2.05) is 0 Å². The van der Waals surface area contributed by atoms with Crippen LogP contribution < -0.4 is 10.6 Å². The maximum absolute atomic E-state index is 13.2. The van der Waals surface area contributed by atoms with Crippen LogP contribution >= 0.6 is 11.3 Å². The molecule has 1 fully saturated rings. The van der Waals surface area contributed by atoms with Gasteiger partial charge in [-0.1, -0.05) is 6.07 Å². The van der Waals surface area contributed by atoms with Gasteiger partial charge in [0, 0.05) is 24.9 Å². The summed E-state index contributed by atoms with van der Waals surface area (Å²) in [5, 5.41) is 3.70. The number of ether oxygens (including phenoxy) is 1. The van der Waals surface area contributed by atoms with Gasteiger partial charge in [-0.25, -0.2) is 18.4 Å². The van der Waals surface area contributed by atoms with Crippen molar-refractivity contribution >= 4 is 43.2 Å². The minimum Gasteiger partial charge on any atom is -0.384 e. The predicted octanol–water partition coefficient (Wildman–Crippen LogP) is 1.99. The van der Waals surface area contributed by atoms with Gasteiger partial charge in [0.05, 0.1) is 29.1 Å². The Bertz CT molecular complexity index is 1310. The summed E-state index contributed by atoms with van der Waals surface area (Å²) in [6.45, 7) is -0.404. The number of carbonyl (C=O) groups excluding carboxylic acids is 2. The molecule has 1 atom stereocenters. The SMILES string of the molecule is COCCS(=O)(=O)C(C(=O)NCC(=O)NC1CC1)c1nc2ccc(-c3ccc(F)nc3)cc2s1. The van der Waals surface area contributed by atoms with Crippen molar-refractivity contribution in [2.75, 3.05) is 26.0 Å². The van der Waals surface area contributed by atoms with E-state index in [2.05, 4.69) is 20.6 Å². The van der Waals surface area contributed by atoms with Gasteiger partial charge >= 0.3 is 0 Å². The second-order valence-corrected chi connectivity index (χ2v) is 11.2. The fraction of sp³-hybridized carbons (Fsp3) is 0.364. The molecule has 2 heterocycles. The maximum Gasteiger partial charge on any atom is 0.245 e. The highest BCUT2D eigenvalue weighted by atomic mass is 32.2. The van der Waals surface area contributed by atoms with Crippen molar-refractivity contribution in [3.63, 3.8) is 0 Å². The number of pyridine rings is 1. The lowest BCUT2D eigenvalue weighted by Crippen LogP contribution is -2.41. The molecule has 0 aliphatic heterocycles. The largest absolute Gasteiger partial charge is 0.384 e. The van der Waals surface area contributed by atoms with Crippen molar-refractivity contribution in [2.24, 2.45) is 0 Å². The van der Waals surface area contributed by atoms with Crippen LogP contribution in [0.25, 0.3) is 21.3 Å². The van der Waals surface area contributed by atoms with E-state index in [0.717, 1.165) is 29.7 Å². The van der Waals surface area contributed by atoms with Crippen LogP contribution in [-0.4, -0.2) is 62.3 Å². The highest BCUT2D eigenvalue weighted by Crippen LogP contribution is 2.34. The van der Waals surface area contributed by atoms with Crippen LogP contribution in [-0.2, 0) is 24.2 Å². The molecule has 12 heteroatoms. The Morgan fingerprint density at radius 1 is 1.24 bits per heavy atom. The molecule has 1 aliphatic carbocycles. The summed E-state index contributed by atoms with van der Waals surface area (Å²) in [6.07, 6.45) is 3.20. The molecule has 0 bridgehead atoms. The van der Waals surface area contributed by atoms with Gasteiger partial charge in [-0.3, -0.25) is 9.59 Å². The zero-order chi connectivity index (χ0) is 24.3. The first kappa shape index (κ1) is 24.2. The number of aromatic nitrogens is 2. The van der Waals surface area contributed by atoms with Crippen LogP contribution in [0.5, 0.6) is 0 Å². The minimum atomic E-state index is -3.98. The zero-order valence-corrected chi connectivity index (χ0v) is 19.9. The molecule has 3 aromatic rings. The molecule has 1 saturated carbocycles. The molecule has 1 aliphatic rings. The summed E-state index contributed by atoms with van der Waals surface area (Å²) in [5.74, 6) is -2.15. The number of nitrogens with zero attached hydrogens (tertiary/aromatic N) is 2. The summed E-state index contributed by atoms with van der Waals surface area (Å²) in [6, 6.07) is 8.21. The Hall–Kier alpha value is -2.96. The summed E-state index contributed by atoms with van der Waals surface area (Å²) in [4.78, 5) is 33.0. The fourth-order valence-corrected chi connectivity index (χ4v) is 6.27. The number of rotatable bonds is 10. The minimum absolute atomic E-state index is 0.0825. The third kappa shape index (κ3) is 5.75. The van der Waals surface area contributed by atoms with E-state index in [-0.39, 0.29) is 35.9 Å². The number of halogens is 1. The first-order valence-electron chi connectivity index (χ1n) is 10.6. The number of carbonyl (C=O) groups is 2. The molecular formula is C22H23FN4O5S2. The zero-order valence-electron chi connectivity index (χ0n) is 18.3. The number of methoxy groups -OCH3 is 1. The monoisotopic (exact) mass is 506 g/mol. The molecule has 2 N–H and O–H groups in total. The first-order chi connectivity index (χ1) is 16.3. The molecule has 0 saturated heterocycles. The molecule has 0 radical (unpaired) electrons. The Morgan fingerprint density at radius 3 is 2.68 bits per heavy atom. The highest BCUT2D eigenvalue weighted by Gasteiger charge is 2.37. The Labute approximate surface area is 199 Å². The number of benzene rings is 1. The third-order valence-corrected chi connectivity index (χ3v) is 8.35. The van der Waals surface area contributed by atoms with Crippen LogP contribution in [0, 0.1) is 5.95 Å². The van der Waals surface area contributed by atoms with Gasteiger partial charge in [0.1, 0.15) is 5.01 Å². The quantitative estimate of drug-likeness (QED) is 0.403. The molecule has 180 valence electrons. The number of amides is 2. The van der Waals surface area contributed by atoms with Gasteiger partial charge in [0.25, 0.3) is 0 Å². The van der Waals surface area contributed by atoms with Gasteiger partial charge < -0.3 is 15.4 Å². The highest BCUT2D eigenvalue weighted by molar-refractivity contribution is 7.92. The lowest BCUT2D eigenvalue weighted by Gasteiger charge is -2.15. The van der Waals surface area contributed by atoms with E-state index in [4.69, 9.17) is 4.74 Å². The lowest BCUT2D eigenvalue weighted by molar-refractivity contribution is -0.126. The maximum atomic E-state index is 13.2. The Morgan fingerprint density at radius 2 is 2.00 bits per heavy atom. The average molecular weight is 507 g/mol. The smallest absolute Gasteiger partial charge is 0.245 e. The average Bonchev–Trinajstić information content (AvgIpc) is 3.52. The molecule has 4 rings (SSSR count). The van der Waals surface area contributed by atoms with E-state index in [1.165, 1.54) is 19.4 Å². The van der Waals surface area contributed by atoms with E-state index in [0.29, 0.717) is 15.8 Å². The number of nitrogens with one attached hydrogen (secondary N) is 2. The van der Waals surface area contributed by atoms with Crippen molar-refractivity contribution in [1.82, 2.24) is 20.6 Å². The van der Waals surface area contributed by atoms with Gasteiger partial charge in [-0.2, -0.15) is 4.39 Å². The van der Waals surface area contributed by atoms with Crippen LogP contribution in [0.4, 0.5) is 4.39 Å². The lowest BCUT2D eigenvalue weighted by atomic mass is 10.1. The van der Waals surface area contributed by atoms with Crippen LogP contribution in [0.2, 0.25) is 0 Å². The summed E-state index contributed by atoms with van der Waals surface area (Å²) in [5.41, 5.74) is 1.95. The molecule has 2 aromatic heterocycles. The van der Waals surface area contributed by atoms with Crippen molar-refractivity contribution < 1.29 is 27.1 Å².